The van der Waals surface area contributed by atoms with Crippen molar-refractivity contribution in [3.05, 3.63) is 65.5 Å². The molecule has 0 aromatic heterocycles. The molecule has 5 heteroatoms. The van der Waals surface area contributed by atoms with Crippen molar-refractivity contribution >= 4 is 0 Å². The third-order valence-corrected chi connectivity index (χ3v) is 4.52. The number of rotatable bonds is 10. The fourth-order valence-corrected chi connectivity index (χ4v) is 3.01. The molecule has 140 valence electrons. The lowest BCUT2D eigenvalue weighted by Gasteiger charge is -2.25. The minimum atomic E-state index is -0.554. The summed E-state index contributed by atoms with van der Waals surface area (Å²) in [5.74, 6) is 0.573. The number of aliphatic hydroxyl groups excluding tert-OH is 1. The Morgan fingerprint density at radius 1 is 1.15 bits per heavy atom. The summed E-state index contributed by atoms with van der Waals surface area (Å²) in [7, 11) is 1.64. The summed E-state index contributed by atoms with van der Waals surface area (Å²) < 4.78 is 23.9. The Labute approximate surface area is 154 Å². The first-order valence-electron chi connectivity index (χ1n) is 9.01. The number of hydrogen-bond donors (Lipinski definition) is 1. The third kappa shape index (κ3) is 5.80. The molecule has 2 aromatic carbocycles. The van der Waals surface area contributed by atoms with E-state index in [4.69, 9.17) is 9.47 Å². The van der Waals surface area contributed by atoms with Crippen LogP contribution >= 0.6 is 0 Å². The van der Waals surface area contributed by atoms with Crippen LogP contribution in [0.2, 0.25) is 0 Å². The molecule has 0 spiro atoms. The molecule has 0 heterocycles. The fraction of sp³-hybridized carbons (Fsp3) is 0.429. The Kier molecular flexibility index (Phi) is 6.61. The molecular weight excluding hydrogens is 333 g/mol. The smallest absolute Gasteiger partial charge is 0.123 e. The summed E-state index contributed by atoms with van der Waals surface area (Å²) in [6.45, 7) is 2.00. The van der Waals surface area contributed by atoms with Crippen LogP contribution in [0.1, 0.15) is 24.0 Å². The highest BCUT2D eigenvalue weighted by Gasteiger charge is 2.30. The van der Waals surface area contributed by atoms with Crippen molar-refractivity contribution in [1.29, 1.82) is 0 Å². The van der Waals surface area contributed by atoms with Gasteiger partial charge in [-0.25, -0.2) is 4.39 Å². The second-order valence-electron chi connectivity index (χ2n) is 6.81. The van der Waals surface area contributed by atoms with E-state index < -0.39 is 6.10 Å². The monoisotopic (exact) mass is 359 g/mol. The van der Waals surface area contributed by atoms with Crippen molar-refractivity contribution < 1.29 is 19.0 Å². The molecule has 1 fully saturated rings. The molecule has 1 aliphatic carbocycles. The van der Waals surface area contributed by atoms with Gasteiger partial charge in [0, 0.05) is 19.1 Å². The van der Waals surface area contributed by atoms with Gasteiger partial charge < -0.3 is 14.6 Å². The van der Waals surface area contributed by atoms with Crippen molar-refractivity contribution in [1.82, 2.24) is 4.90 Å². The minimum absolute atomic E-state index is 0.224. The third-order valence-electron chi connectivity index (χ3n) is 4.52. The molecule has 2 aromatic rings. The number of halogens is 1. The molecule has 1 atom stereocenters. The van der Waals surface area contributed by atoms with Crippen molar-refractivity contribution in [2.45, 2.75) is 38.1 Å². The molecule has 0 radical (unpaired) electrons. The van der Waals surface area contributed by atoms with E-state index in [2.05, 4.69) is 4.90 Å². The van der Waals surface area contributed by atoms with Crippen LogP contribution in [-0.2, 0) is 17.9 Å². The molecule has 1 saturated carbocycles. The summed E-state index contributed by atoms with van der Waals surface area (Å²) in [6.07, 6.45) is 1.75. The van der Waals surface area contributed by atoms with Gasteiger partial charge in [0.1, 0.15) is 11.6 Å². The van der Waals surface area contributed by atoms with E-state index in [-0.39, 0.29) is 12.4 Å². The van der Waals surface area contributed by atoms with Gasteiger partial charge in [-0.15, -0.1) is 0 Å². The second kappa shape index (κ2) is 9.12. The van der Waals surface area contributed by atoms with E-state index in [1.165, 1.54) is 12.1 Å². The van der Waals surface area contributed by atoms with Crippen LogP contribution in [0.4, 0.5) is 4.39 Å². The molecule has 26 heavy (non-hydrogen) atoms. The Morgan fingerprint density at radius 2 is 1.92 bits per heavy atom. The summed E-state index contributed by atoms with van der Waals surface area (Å²) in [5, 5.41) is 10.3. The van der Waals surface area contributed by atoms with Gasteiger partial charge in [0.15, 0.2) is 0 Å². The van der Waals surface area contributed by atoms with E-state index in [0.29, 0.717) is 19.2 Å². The Bertz CT molecular complexity index is 688. The summed E-state index contributed by atoms with van der Waals surface area (Å²) in [6, 6.07) is 14.8. The normalized spacial score (nSPS) is 15.2. The molecule has 1 unspecified atom stereocenters. The second-order valence-corrected chi connectivity index (χ2v) is 6.81. The summed E-state index contributed by atoms with van der Waals surface area (Å²) in [5.41, 5.74) is 2.07. The van der Waals surface area contributed by atoms with Crippen molar-refractivity contribution in [3.63, 3.8) is 0 Å². The first-order chi connectivity index (χ1) is 12.6. The maximum atomic E-state index is 13.1. The first kappa shape index (κ1) is 18.8. The molecule has 0 bridgehead atoms. The van der Waals surface area contributed by atoms with Crippen molar-refractivity contribution in [2.75, 3.05) is 20.3 Å². The molecule has 0 amide bonds. The van der Waals surface area contributed by atoms with E-state index in [1.54, 1.807) is 19.2 Å². The average Bonchev–Trinajstić information content (AvgIpc) is 3.48. The molecule has 4 nitrogen and oxygen atoms in total. The molecule has 1 aliphatic rings. The average molecular weight is 359 g/mol. The largest absolute Gasteiger partial charge is 0.497 e. The molecule has 3 rings (SSSR count). The Balaban J connectivity index is 1.45. The fourth-order valence-electron chi connectivity index (χ4n) is 3.01. The topological polar surface area (TPSA) is 41.9 Å². The van der Waals surface area contributed by atoms with Gasteiger partial charge in [-0.1, -0.05) is 24.3 Å². The number of aliphatic hydroxyl groups is 1. The molecule has 0 aliphatic heterocycles. The highest BCUT2D eigenvalue weighted by atomic mass is 19.1. The maximum absolute atomic E-state index is 13.1. The van der Waals surface area contributed by atoms with Gasteiger partial charge in [-0.3, -0.25) is 4.90 Å². The highest BCUT2D eigenvalue weighted by molar-refractivity contribution is 5.27. The SMILES string of the molecule is COc1cccc(COCC(O)CN(Cc2ccc(F)cc2)C2CC2)c1. The highest BCUT2D eigenvalue weighted by Crippen LogP contribution is 2.28. The van der Waals surface area contributed by atoms with Crippen LogP contribution in [0.3, 0.4) is 0 Å². The van der Waals surface area contributed by atoms with E-state index >= 15 is 0 Å². The minimum Gasteiger partial charge on any atom is -0.497 e. The van der Waals surface area contributed by atoms with Crippen LogP contribution in [0.25, 0.3) is 0 Å². The van der Waals surface area contributed by atoms with Gasteiger partial charge in [0.2, 0.25) is 0 Å². The molecular formula is C21H26FNO3. The molecule has 1 N–H and O–H groups in total. The zero-order valence-electron chi connectivity index (χ0n) is 15.1. The van der Waals surface area contributed by atoms with Crippen LogP contribution < -0.4 is 4.74 Å². The zero-order chi connectivity index (χ0) is 18.4. The van der Waals surface area contributed by atoms with Gasteiger partial charge in [0.05, 0.1) is 26.4 Å². The number of methoxy groups -OCH3 is 1. The Hall–Kier alpha value is -1.95. The van der Waals surface area contributed by atoms with E-state index in [9.17, 15) is 9.50 Å². The van der Waals surface area contributed by atoms with Gasteiger partial charge >= 0.3 is 0 Å². The lowest BCUT2D eigenvalue weighted by atomic mass is 10.2. The summed E-state index contributed by atoms with van der Waals surface area (Å²) >= 11 is 0. The maximum Gasteiger partial charge on any atom is 0.123 e. The number of nitrogens with zero attached hydrogens (tertiary/aromatic N) is 1. The number of hydrogen-bond acceptors (Lipinski definition) is 4. The van der Waals surface area contributed by atoms with E-state index in [1.807, 2.05) is 24.3 Å². The van der Waals surface area contributed by atoms with Crippen LogP contribution in [-0.4, -0.2) is 42.4 Å². The van der Waals surface area contributed by atoms with Crippen molar-refractivity contribution in [2.24, 2.45) is 0 Å². The van der Waals surface area contributed by atoms with Gasteiger partial charge in [-0.05, 0) is 48.2 Å². The molecule has 0 saturated heterocycles. The number of benzene rings is 2. The lowest BCUT2D eigenvalue weighted by Crippen LogP contribution is -2.36. The van der Waals surface area contributed by atoms with Crippen LogP contribution in [0.5, 0.6) is 5.75 Å². The standard InChI is InChI=1S/C21H26FNO3/c1-25-21-4-2-3-17(11-21)14-26-15-20(24)13-23(19-9-10-19)12-16-5-7-18(22)8-6-16/h2-8,11,19-20,24H,9-10,12-15H2,1H3. The van der Waals surface area contributed by atoms with Gasteiger partial charge in [-0.2, -0.15) is 0 Å². The van der Waals surface area contributed by atoms with Crippen LogP contribution in [0, 0.1) is 5.82 Å². The predicted molar refractivity (Wildman–Crippen MR) is 98.5 cm³/mol. The zero-order valence-corrected chi connectivity index (χ0v) is 15.1. The Morgan fingerprint density at radius 3 is 2.62 bits per heavy atom. The first-order valence-corrected chi connectivity index (χ1v) is 9.01. The quantitative estimate of drug-likeness (QED) is 0.706. The lowest BCUT2D eigenvalue weighted by molar-refractivity contribution is 0.00702. The summed E-state index contributed by atoms with van der Waals surface area (Å²) in [4.78, 5) is 2.26. The predicted octanol–water partition coefficient (Wildman–Crippen LogP) is 3.38. The number of ether oxygens (including phenoxy) is 2. The van der Waals surface area contributed by atoms with Gasteiger partial charge in [0.25, 0.3) is 0 Å². The van der Waals surface area contributed by atoms with Crippen molar-refractivity contribution in [3.8, 4) is 5.75 Å². The van der Waals surface area contributed by atoms with Crippen LogP contribution in [0.15, 0.2) is 48.5 Å². The van der Waals surface area contributed by atoms with E-state index in [0.717, 1.165) is 36.3 Å².